The van der Waals surface area contributed by atoms with Gasteiger partial charge >= 0.3 is 6.03 Å². The third kappa shape index (κ3) is 3.43. The summed E-state index contributed by atoms with van der Waals surface area (Å²) in [6, 6.07) is 1.65. The molecule has 4 heteroatoms. The van der Waals surface area contributed by atoms with Crippen molar-refractivity contribution >= 4 is 6.03 Å². The van der Waals surface area contributed by atoms with Crippen LogP contribution in [0, 0.1) is 17.2 Å². The lowest BCUT2D eigenvalue weighted by atomic mass is 10.1. The molecule has 0 aromatic carbocycles. The first-order chi connectivity index (χ1) is 7.15. The van der Waals surface area contributed by atoms with Gasteiger partial charge in [0.15, 0.2) is 0 Å². The number of carbonyl (C=O) groups is 1. The minimum atomic E-state index is -0.376. The van der Waals surface area contributed by atoms with Crippen LogP contribution in [0.25, 0.3) is 0 Å². The van der Waals surface area contributed by atoms with Crippen LogP contribution in [0.1, 0.15) is 33.1 Å². The van der Waals surface area contributed by atoms with Crippen LogP contribution in [0.4, 0.5) is 4.79 Å². The Labute approximate surface area is 91.2 Å². The Morgan fingerprint density at radius 1 is 1.33 bits per heavy atom. The molecule has 1 aliphatic heterocycles. The quantitative estimate of drug-likeness (QED) is 0.753. The molecule has 1 N–H and O–H groups in total. The smallest absolute Gasteiger partial charge is 0.318 e. The first kappa shape index (κ1) is 11.8. The molecule has 1 saturated heterocycles. The molecule has 0 aromatic heterocycles. The highest BCUT2D eigenvalue weighted by Gasteiger charge is 2.20. The zero-order valence-corrected chi connectivity index (χ0v) is 9.49. The van der Waals surface area contributed by atoms with E-state index < -0.39 is 0 Å². The number of nitrogens with one attached hydrogen (secondary N) is 1. The molecule has 1 aliphatic rings. The molecular weight excluding hydrogens is 190 g/mol. The van der Waals surface area contributed by atoms with Gasteiger partial charge in [-0.2, -0.15) is 5.26 Å². The summed E-state index contributed by atoms with van der Waals surface area (Å²) in [5.74, 6) is 0.156. The Kier molecular flexibility index (Phi) is 4.41. The molecule has 0 radical (unpaired) electrons. The molecule has 4 nitrogen and oxygen atoms in total. The summed E-state index contributed by atoms with van der Waals surface area (Å²) in [7, 11) is 0. The van der Waals surface area contributed by atoms with E-state index >= 15 is 0 Å². The van der Waals surface area contributed by atoms with Gasteiger partial charge in [0, 0.05) is 13.1 Å². The van der Waals surface area contributed by atoms with Crippen molar-refractivity contribution in [2.24, 2.45) is 5.92 Å². The zero-order chi connectivity index (χ0) is 11.3. The second-order valence-corrected chi connectivity index (χ2v) is 4.35. The van der Waals surface area contributed by atoms with Gasteiger partial charge in [-0.05, 0) is 25.2 Å². The van der Waals surface area contributed by atoms with Crippen LogP contribution < -0.4 is 5.32 Å². The van der Waals surface area contributed by atoms with Gasteiger partial charge in [0.2, 0.25) is 0 Å². The number of nitrogens with zero attached hydrogens (tertiary/aromatic N) is 2. The first-order valence-corrected chi connectivity index (χ1v) is 5.60. The van der Waals surface area contributed by atoms with E-state index in [1.807, 2.05) is 13.8 Å². The number of amides is 2. The highest BCUT2D eigenvalue weighted by atomic mass is 16.2. The fourth-order valence-electron chi connectivity index (χ4n) is 1.67. The standard InChI is InChI=1S/C11H19N3O/c1-9(2)10(8-12)13-11(15)14-6-4-3-5-7-14/h9-10H,3-7H2,1-2H3,(H,13,15). The first-order valence-electron chi connectivity index (χ1n) is 5.60. The number of likely N-dealkylation sites (tertiary alicyclic amines) is 1. The number of carbonyl (C=O) groups excluding carboxylic acids is 1. The van der Waals surface area contributed by atoms with Gasteiger partial charge in [0.05, 0.1) is 6.07 Å². The third-order valence-electron chi connectivity index (χ3n) is 2.73. The number of rotatable bonds is 2. The summed E-state index contributed by atoms with van der Waals surface area (Å²) >= 11 is 0. The van der Waals surface area contributed by atoms with Crippen LogP contribution in [-0.4, -0.2) is 30.1 Å². The third-order valence-corrected chi connectivity index (χ3v) is 2.73. The monoisotopic (exact) mass is 209 g/mol. The van der Waals surface area contributed by atoms with E-state index in [1.165, 1.54) is 6.42 Å². The van der Waals surface area contributed by atoms with Crippen LogP contribution in [-0.2, 0) is 0 Å². The maximum absolute atomic E-state index is 11.7. The van der Waals surface area contributed by atoms with Crippen LogP contribution in [0.15, 0.2) is 0 Å². The van der Waals surface area contributed by atoms with E-state index in [1.54, 1.807) is 4.90 Å². The van der Waals surface area contributed by atoms with Crippen molar-refractivity contribution in [3.05, 3.63) is 0 Å². The minimum Gasteiger partial charge on any atom is -0.325 e. The van der Waals surface area contributed by atoms with Crippen LogP contribution in [0.2, 0.25) is 0 Å². The predicted molar refractivity (Wildman–Crippen MR) is 58.2 cm³/mol. The highest BCUT2D eigenvalue weighted by Crippen LogP contribution is 2.09. The highest BCUT2D eigenvalue weighted by molar-refractivity contribution is 5.75. The van der Waals surface area contributed by atoms with Crippen molar-refractivity contribution in [2.45, 2.75) is 39.2 Å². The second kappa shape index (κ2) is 5.59. The maximum Gasteiger partial charge on any atom is 0.318 e. The van der Waals surface area contributed by atoms with Gasteiger partial charge in [0.25, 0.3) is 0 Å². The van der Waals surface area contributed by atoms with E-state index in [9.17, 15) is 4.79 Å². The Balaban J connectivity index is 2.43. The van der Waals surface area contributed by atoms with Crippen molar-refractivity contribution in [3.8, 4) is 6.07 Å². The fourth-order valence-corrected chi connectivity index (χ4v) is 1.67. The number of hydrogen-bond acceptors (Lipinski definition) is 2. The zero-order valence-electron chi connectivity index (χ0n) is 9.49. The molecule has 0 spiro atoms. The lowest BCUT2D eigenvalue weighted by Crippen LogP contribution is -2.47. The molecule has 0 aromatic rings. The van der Waals surface area contributed by atoms with Gasteiger partial charge in [-0.1, -0.05) is 13.8 Å². The van der Waals surface area contributed by atoms with Gasteiger partial charge in [-0.3, -0.25) is 0 Å². The van der Waals surface area contributed by atoms with E-state index in [4.69, 9.17) is 5.26 Å². The summed E-state index contributed by atoms with van der Waals surface area (Å²) in [6.45, 7) is 5.51. The minimum absolute atomic E-state index is 0.0880. The van der Waals surface area contributed by atoms with Gasteiger partial charge in [-0.25, -0.2) is 4.79 Å². The molecule has 2 amide bonds. The molecule has 1 atom stereocenters. The van der Waals surface area contributed by atoms with Gasteiger partial charge < -0.3 is 10.2 Å². The van der Waals surface area contributed by atoms with Crippen molar-refractivity contribution in [1.29, 1.82) is 5.26 Å². The molecular formula is C11H19N3O. The number of urea groups is 1. The number of nitriles is 1. The summed E-state index contributed by atoms with van der Waals surface area (Å²) in [5, 5.41) is 11.6. The Bertz CT molecular complexity index is 251. The molecule has 0 saturated carbocycles. The number of piperidine rings is 1. The maximum atomic E-state index is 11.7. The molecule has 1 fully saturated rings. The Morgan fingerprint density at radius 3 is 2.40 bits per heavy atom. The predicted octanol–water partition coefficient (Wildman–Crippen LogP) is 1.73. The van der Waals surface area contributed by atoms with Crippen LogP contribution in [0.3, 0.4) is 0 Å². The van der Waals surface area contributed by atoms with Crippen molar-refractivity contribution in [2.75, 3.05) is 13.1 Å². The largest absolute Gasteiger partial charge is 0.325 e. The van der Waals surface area contributed by atoms with E-state index in [0.717, 1.165) is 25.9 Å². The van der Waals surface area contributed by atoms with E-state index in [0.29, 0.717) is 0 Å². The van der Waals surface area contributed by atoms with E-state index in [2.05, 4.69) is 11.4 Å². The van der Waals surface area contributed by atoms with Crippen LogP contribution in [0.5, 0.6) is 0 Å². The van der Waals surface area contributed by atoms with Crippen LogP contribution >= 0.6 is 0 Å². The molecule has 15 heavy (non-hydrogen) atoms. The molecule has 1 heterocycles. The number of hydrogen-bond donors (Lipinski definition) is 1. The molecule has 0 aliphatic carbocycles. The Morgan fingerprint density at radius 2 is 1.93 bits per heavy atom. The van der Waals surface area contributed by atoms with Crippen molar-refractivity contribution < 1.29 is 4.79 Å². The lowest BCUT2D eigenvalue weighted by Gasteiger charge is -2.28. The molecule has 84 valence electrons. The molecule has 1 unspecified atom stereocenters. The van der Waals surface area contributed by atoms with Crippen molar-refractivity contribution in [1.82, 2.24) is 10.2 Å². The average molecular weight is 209 g/mol. The second-order valence-electron chi connectivity index (χ2n) is 4.35. The average Bonchev–Trinajstić information content (AvgIpc) is 2.26. The fraction of sp³-hybridized carbons (Fsp3) is 0.818. The SMILES string of the molecule is CC(C)C(C#N)NC(=O)N1CCCCC1. The van der Waals surface area contributed by atoms with Gasteiger partial charge in [-0.15, -0.1) is 0 Å². The summed E-state index contributed by atoms with van der Waals surface area (Å²) in [4.78, 5) is 13.5. The normalized spacial score (nSPS) is 18.4. The summed E-state index contributed by atoms with van der Waals surface area (Å²) in [5.41, 5.74) is 0. The molecule has 0 bridgehead atoms. The molecule has 1 rings (SSSR count). The summed E-state index contributed by atoms with van der Waals surface area (Å²) in [6.07, 6.45) is 3.36. The summed E-state index contributed by atoms with van der Waals surface area (Å²) < 4.78 is 0. The lowest BCUT2D eigenvalue weighted by molar-refractivity contribution is 0.182. The van der Waals surface area contributed by atoms with E-state index in [-0.39, 0.29) is 18.0 Å². The van der Waals surface area contributed by atoms with Crippen molar-refractivity contribution in [3.63, 3.8) is 0 Å². The van der Waals surface area contributed by atoms with Gasteiger partial charge in [0.1, 0.15) is 6.04 Å². The topological polar surface area (TPSA) is 56.1 Å². The Hall–Kier alpha value is -1.24.